The van der Waals surface area contributed by atoms with Crippen molar-refractivity contribution in [2.75, 3.05) is 19.6 Å². The Morgan fingerprint density at radius 2 is 2.09 bits per heavy atom. The average Bonchev–Trinajstić information content (AvgIpc) is 2.79. The first-order chi connectivity index (χ1) is 10.2. The number of nitrogens with two attached hydrogens (primary N) is 1. The van der Waals surface area contributed by atoms with Gasteiger partial charge in [-0.15, -0.1) is 4.73 Å². The molecular weight excluding hydrogens is 317 g/mol. The minimum Gasteiger partial charge on any atom is -0.479 e. The molecule has 0 atom stereocenters. The molecule has 22 heavy (non-hydrogen) atoms. The first kappa shape index (κ1) is 16.4. The van der Waals surface area contributed by atoms with E-state index in [-0.39, 0.29) is 17.5 Å². The molecule has 4 N–H and O–H groups in total. The third kappa shape index (κ3) is 3.12. The summed E-state index contributed by atoms with van der Waals surface area (Å²) >= 11 is 0. The highest BCUT2D eigenvalue weighted by Gasteiger charge is 2.39. The average molecular weight is 333 g/mol. The Bertz CT molecular complexity index is 726. The van der Waals surface area contributed by atoms with Crippen molar-refractivity contribution in [3.63, 3.8) is 0 Å². The summed E-state index contributed by atoms with van der Waals surface area (Å²) in [6.07, 6.45) is 1.29. The van der Waals surface area contributed by atoms with Crippen LogP contribution in [0, 0.1) is 0 Å². The summed E-state index contributed by atoms with van der Waals surface area (Å²) in [6.45, 7) is 2.08. The van der Waals surface area contributed by atoms with Gasteiger partial charge in [-0.1, -0.05) is 0 Å². The predicted octanol–water partition coefficient (Wildman–Crippen LogP) is -0.266. The van der Waals surface area contributed by atoms with Gasteiger partial charge in [-0.05, 0) is 13.8 Å². The number of nitrogens with zero attached hydrogens (tertiary/aromatic N) is 4. The van der Waals surface area contributed by atoms with E-state index in [1.165, 1.54) is 27.3 Å². The molecule has 0 aromatic carbocycles. The number of aromatic nitrogens is 4. The molecule has 2 heterocycles. The third-order valence-corrected chi connectivity index (χ3v) is 4.38. The summed E-state index contributed by atoms with van der Waals surface area (Å²) in [5.74, 6) is 0.146. The summed E-state index contributed by atoms with van der Waals surface area (Å²) in [5, 5.41) is -1.69. The summed E-state index contributed by atoms with van der Waals surface area (Å²) in [5.41, 5.74) is 6.11. The molecule has 0 spiro atoms. The number of ether oxygens (including phenoxy) is 2. The molecule has 12 heteroatoms. The van der Waals surface area contributed by atoms with Gasteiger partial charge in [-0.25, -0.2) is 4.98 Å². The van der Waals surface area contributed by atoms with E-state index < -0.39 is 19.7 Å². The highest BCUT2D eigenvalue weighted by atomic mass is 31.2. The van der Waals surface area contributed by atoms with Crippen molar-refractivity contribution in [1.29, 1.82) is 0 Å². The smallest absolute Gasteiger partial charge is 0.356 e. The maximum atomic E-state index is 11.2. The van der Waals surface area contributed by atoms with Gasteiger partial charge in [-0.2, -0.15) is 9.97 Å². The van der Waals surface area contributed by atoms with Crippen molar-refractivity contribution in [1.82, 2.24) is 19.7 Å². The number of rotatable bonds is 6. The largest absolute Gasteiger partial charge is 0.479 e. The minimum atomic E-state index is -4.44. The highest BCUT2D eigenvalue weighted by Crippen LogP contribution is 2.50. The monoisotopic (exact) mass is 333 g/mol. The Morgan fingerprint density at radius 1 is 1.41 bits per heavy atom. The lowest BCUT2D eigenvalue weighted by atomic mass is 10.5. The van der Waals surface area contributed by atoms with Gasteiger partial charge in [0.15, 0.2) is 10.9 Å². The van der Waals surface area contributed by atoms with E-state index >= 15 is 0 Å². The van der Waals surface area contributed by atoms with Gasteiger partial charge in [0.25, 0.3) is 0 Å². The van der Waals surface area contributed by atoms with Crippen LogP contribution in [0.15, 0.2) is 6.33 Å². The maximum absolute atomic E-state index is 11.2. The number of anilines is 1. The van der Waals surface area contributed by atoms with E-state index in [4.69, 9.17) is 29.8 Å². The van der Waals surface area contributed by atoms with Crippen LogP contribution in [0.25, 0.3) is 11.2 Å². The molecule has 0 fully saturated rings. The lowest BCUT2D eigenvalue weighted by molar-refractivity contribution is -0.103. The molecule has 11 nitrogen and oxygen atoms in total. The zero-order chi connectivity index (χ0) is 16.5. The fourth-order valence-electron chi connectivity index (χ4n) is 1.42. The Hall–Kier alpha value is -1.94. The Balaban J connectivity index is 2.17. The van der Waals surface area contributed by atoms with Gasteiger partial charge >= 0.3 is 7.60 Å². The zero-order valence-electron chi connectivity index (χ0n) is 12.1. The first-order valence-corrected chi connectivity index (χ1v) is 7.64. The van der Waals surface area contributed by atoms with Gasteiger partial charge in [0.05, 0.1) is 7.11 Å². The van der Waals surface area contributed by atoms with Gasteiger partial charge in [0.2, 0.25) is 24.3 Å². The second-order valence-corrected chi connectivity index (χ2v) is 6.88. The molecule has 0 aliphatic rings. The maximum Gasteiger partial charge on any atom is 0.356 e. The molecule has 0 unspecified atom stereocenters. The molecule has 2 aromatic heterocycles. The number of fused-ring (bicyclic) bond motifs is 1. The first-order valence-electron chi connectivity index (χ1n) is 6.03. The van der Waals surface area contributed by atoms with Crippen LogP contribution in [0.5, 0.6) is 5.88 Å². The Morgan fingerprint density at radius 3 is 2.68 bits per heavy atom. The highest BCUT2D eigenvalue weighted by molar-refractivity contribution is 7.53. The second kappa shape index (κ2) is 5.69. The molecule has 2 rings (SSSR count). The second-order valence-electron chi connectivity index (χ2n) is 4.72. The molecule has 2 aromatic rings. The van der Waals surface area contributed by atoms with E-state index in [9.17, 15) is 4.57 Å². The van der Waals surface area contributed by atoms with E-state index in [0.29, 0.717) is 5.52 Å². The SMILES string of the molecule is COc1nc(N)nc2c1ncn2OCOC(C)(C)P(=O)(O)O. The lowest BCUT2D eigenvalue weighted by Crippen LogP contribution is -2.28. The molecular formula is C10H16N5O6P. The standard InChI is InChI=1S/C10H16N5O6P/c1-10(2,22(16,17)18)20-5-21-15-4-12-6-7(15)13-9(11)14-8(6)19-3/h4H,5H2,1-3H3,(H2,11,13,14)(H2,16,17,18). The molecule has 0 radical (unpaired) electrons. The van der Waals surface area contributed by atoms with Crippen LogP contribution in [0.1, 0.15) is 13.8 Å². The lowest BCUT2D eigenvalue weighted by Gasteiger charge is -2.25. The van der Waals surface area contributed by atoms with Crippen molar-refractivity contribution < 1.29 is 28.7 Å². The van der Waals surface area contributed by atoms with Crippen molar-refractivity contribution >= 4 is 24.7 Å². The molecule has 0 aliphatic heterocycles. The van der Waals surface area contributed by atoms with Crippen LogP contribution < -0.4 is 15.3 Å². The zero-order valence-corrected chi connectivity index (χ0v) is 13.0. The molecule has 0 saturated carbocycles. The van der Waals surface area contributed by atoms with Gasteiger partial charge < -0.3 is 29.8 Å². The Kier molecular flexibility index (Phi) is 4.25. The van der Waals surface area contributed by atoms with Crippen LogP contribution in [0.3, 0.4) is 0 Å². The van der Waals surface area contributed by atoms with Crippen LogP contribution in [-0.2, 0) is 9.30 Å². The van der Waals surface area contributed by atoms with Crippen molar-refractivity contribution in [2.45, 2.75) is 19.2 Å². The van der Waals surface area contributed by atoms with E-state index in [2.05, 4.69) is 15.0 Å². The van der Waals surface area contributed by atoms with Crippen LogP contribution >= 0.6 is 7.60 Å². The fourth-order valence-corrected chi connectivity index (χ4v) is 1.64. The predicted molar refractivity (Wildman–Crippen MR) is 74.9 cm³/mol. The number of hydrogen-bond donors (Lipinski definition) is 3. The number of methoxy groups -OCH3 is 1. The summed E-state index contributed by atoms with van der Waals surface area (Å²) in [6, 6.07) is 0. The van der Waals surface area contributed by atoms with E-state index in [1.54, 1.807) is 0 Å². The van der Waals surface area contributed by atoms with Crippen LogP contribution in [0.2, 0.25) is 0 Å². The summed E-state index contributed by atoms with van der Waals surface area (Å²) in [4.78, 5) is 35.3. The minimum absolute atomic E-state index is 0.0360. The fraction of sp³-hybridized carbons (Fsp3) is 0.500. The molecule has 0 aliphatic carbocycles. The topological polar surface area (TPSA) is 155 Å². The van der Waals surface area contributed by atoms with E-state index in [0.717, 1.165) is 4.73 Å². The van der Waals surface area contributed by atoms with Gasteiger partial charge in [0, 0.05) is 0 Å². The van der Waals surface area contributed by atoms with Crippen LogP contribution in [0.4, 0.5) is 5.95 Å². The van der Waals surface area contributed by atoms with Crippen LogP contribution in [-0.4, -0.2) is 48.7 Å². The number of hydrogen-bond acceptors (Lipinski definition) is 8. The molecule has 122 valence electrons. The molecule has 0 amide bonds. The molecule has 0 bridgehead atoms. The quantitative estimate of drug-likeness (QED) is 0.475. The summed E-state index contributed by atoms with van der Waals surface area (Å²) < 4.78 is 22.5. The van der Waals surface area contributed by atoms with Gasteiger partial charge in [-0.3, -0.25) is 4.57 Å². The van der Waals surface area contributed by atoms with Crippen molar-refractivity contribution in [2.24, 2.45) is 0 Å². The third-order valence-electron chi connectivity index (χ3n) is 2.85. The van der Waals surface area contributed by atoms with Crippen molar-refractivity contribution in [3.05, 3.63) is 6.33 Å². The van der Waals surface area contributed by atoms with Crippen molar-refractivity contribution in [3.8, 4) is 5.88 Å². The van der Waals surface area contributed by atoms with Gasteiger partial charge in [0.1, 0.15) is 6.33 Å². The number of nitrogen functional groups attached to an aromatic ring is 1. The Labute approximate surface area is 125 Å². The normalized spacial score (nSPS) is 12.6. The van der Waals surface area contributed by atoms with E-state index in [1.807, 2.05) is 0 Å². The number of imidazole rings is 1. The summed E-state index contributed by atoms with van der Waals surface area (Å²) in [7, 11) is -3.03. The molecule has 0 saturated heterocycles.